The number of amides is 1. The van der Waals surface area contributed by atoms with Crippen LogP contribution < -0.4 is 5.73 Å². The van der Waals surface area contributed by atoms with Gasteiger partial charge in [-0.3, -0.25) is 14.4 Å². The minimum Gasteiger partial charge on any atom is -0.462 e. The van der Waals surface area contributed by atoms with Gasteiger partial charge in [0.15, 0.2) is 6.10 Å². The van der Waals surface area contributed by atoms with Crippen LogP contribution in [0.15, 0.2) is 24.3 Å². The summed E-state index contributed by atoms with van der Waals surface area (Å²) in [4.78, 5) is 36.5. The zero-order chi connectivity index (χ0) is 38.2. The van der Waals surface area contributed by atoms with Gasteiger partial charge in [0.2, 0.25) is 5.91 Å². The summed E-state index contributed by atoms with van der Waals surface area (Å²) in [5.41, 5.74) is 5.33. The number of nitrogens with two attached hydrogens (primary N) is 1. The Hall–Kier alpha value is -2.19. The Morgan fingerprint density at radius 3 is 1.50 bits per heavy atom. The summed E-state index contributed by atoms with van der Waals surface area (Å²) < 4.78 is 21.9. The summed E-state index contributed by atoms with van der Waals surface area (Å²) in [7, 11) is 1.42. The lowest BCUT2D eigenvalue weighted by Crippen LogP contribution is -2.33. The average Bonchev–Trinajstić information content (AvgIpc) is 3.13. The minimum absolute atomic E-state index is 0.0484. The van der Waals surface area contributed by atoms with Crippen molar-refractivity contribution in [3.63, 3.8) is 0 Å². The number of carbonyl (C=O) groups is 3. The Morgan fingerprint density at radius 2 is 1.00 bits per heavy atom. The van der Waals surface area contributed by atoms with Crippen molar-refractivity contribution >= 4 is 17.8 Å². The van der Waals surface area contributed by atoms with E-state index in [-0.39, 0.29) is 38.2 Å². The first-order valence-corrected chi connectivity index (χ1v) is 21.5. The highest BCUT2D eigenvalue weighted by Crippen LogP contribution is 2.15. The van der Waals surface area contributed by atoms with Crippen LogP contribution in [0.25, 0.3) is 0 Å². The third-order valence-electron chi connectivity index (χ3n) is 9.47. The highest BCUT2D eigenvalue weighted by atomic mass is 16.6. The fourth-order valence-electron chi connectivity index (χ4n) is 6.12. The van der Waals surface area contributed by atoms with Crippen LogP contribution in [-0.4, -0.2) is 57.0 Å². The second-order valence-corrected chi connectivity index (χ2v) is 14.5. The number of primary amides is 1. The Balaban J connectivity index is 4.19. The fraction of sp³-hybridized carbons (Fsp3) is 0.841. The number of methoxy groups -OCH3 is 1. The summed E-state index contributed by atoms with van der Waals surface area (Å²) in [6, 6.07) is 0. The average molecular weight is 736 g/mol. The lowest BCUT2D eigenvalue weighted by atomic mass is 10.0. The summed E-state index contributed by atoms with van der Waals surface area (Å²) in [6.07, 6.45) is 40.0. The number of carbonyl (C=O) groups excluding carboxylic acids is 3. The molecule has 0 aromatic carbocycles. The molecule has 0 aliphatic rings. The van der Waals surface area contributed by atoms with Crippen LogP contribution in [0, 0.1) is 0 Å². The van der Waals surface area contributed by atoms with Crippen molar-refractivity contribution in [1.82, 2.24) is 0 Å². The molecule has 0 spiro atoms. The van der Waals surface area contributed by atoms with E-state index < -0.39 is 18.1 Å². The van der Waals surface area contributed by atoms with Crippen LogP contribution in [-0.2, 0) is 33.3 Å². The Labute approximate surface area is 319 Å². The van der Waals surface area contributed by atoms with Crippen molar-refractivity contribution in [2.75, 3.05) is 26.9 Å². The molecular formula is C44H81NO7. The molecule has 1 amide bonds. The van der Waals surface area contributed by atoms with Gasteiger partial charge in [0.05, 0.1) is 6.61 Å². The number of ether oxygens (including phenoxy) is 4. The molecule has 0 aliphatic heterocycles. The molecule has 0 bridgehead atoms. The molecule has 8 nitrogen and oxygen atoms in total. The van der Waals surface area contributed by atoms with E-state index in [9.17, 15) is 14.4 Å². The van der Waals surface area contributed by atoms with E-state index in [2.05, 4.69) is 38.2 Å². The standard InChI is InChI=1S/C44H81NO7/c1-4-6-8-10-12-14-16-18-20-22-24-26-28-30-32-34-42(46)51-39-40(38-50-37-36-41(49-3)44(45)48)52-43(47)35-33-31-29-27-25-23-21-19-17-15-13-11-9-7-5-2/h12,14,18,20,40-41H,4-11,13,15-17,19,21-39H2,1-3H3,(H2,45,48)/b14-12+,20-18+. The number of unbranched alkanes of at least 4 members (excludes halogenated alkanes) is 22. The second kappa shape index (κ2) is 40.0. The highest BCUT2D eigenvalue weighted by molar-refractivity contribution is 5.78. The van der Waals surface area contributed by atoms with Crippen molar-refractivity contribution in [2.24, 2.45) is 5.73 Å². The van der Waals surface area contributed by atoms with Crippen molar-refractivity contribution in [3.05, 3.63) is 24.3 Å². The van der Waals surface area contributed by atoms with Crippen LogP contribution in [0.5, 0.6) is 0 Å². The quantitative estimate of drug-likeness (QED) is 0.0378. The first kappa shape index (κ1) is 49.8. The SMILES string of the molecule is CCCCC/C=C/C/C=C/CCCCCCCC(=O)OCC(COCCC(OC)C(N)=O)OC(=O)CCCCCCCCCCCCCCCCC. The Kier molecular flexibility index (Phi) is 38.3. The maximum atomic E-state index is 12.6. The zero-order valence-electron chi connectivity index (χ0n) is 34.0. The van der Waals surface area contributed by atoms with Crippen LogP contribution >= 0.6 is 0 Å². The van der Waals surface area contributed by atoms with Crippen molar-refractivity contribution in [1.29, 1.82) is 0 Å². The minimum atomic E-state index is -0.743. The normalized spacial score (nSPS) is 12.8. The molecule has 0 radical (unpaired) electrons. The van der Waals surface area contributed by atoms with Crippen LogP contribution in [0.2, 0.25) is 0 Å². The van der Waals surface area contributed by atoms with Gasteiger partial charge in [-0.15, -0.1) is 0 Å². The molecule has 304 valence electrons. The monoisotopic (exact) mass is 736 g/mol. The molecule has 0 rings (SSSR count). The van der Waals surface area contributed by atoms with Crippen LogP contribution in [0.1, 0.15) is 200 Å². The summed E-state index contributed by atoms with van der Waals surface area (Å²) in [5.74, 6) is -1.15. The van der Waals surface area contributed by atoms with E-state index in [1.54, 1.807) is 0 Å². The van der Waals surface area contributed by atoms with Gasteiger partial charge >= 0.3 is 11.9 Å². The van der Waals surface area contributed by atoms with Gasteiger partial charge in [-0.2, -0.15) is 0 Å². The molecule has 2 unspecified atom stereocenters. The molecule has 0 fully saturated rings. The maximum Gasteiger partial charge on any atom is 0.306 e. The third-order valence-corrected chi connectivity index (χ3v) is 9.47. The van der Waals surface area contributed by atoms with E-state index in [1.165, 1.54) is 110 Å². The maximum absolute atomic E-state index is 12.6. The van der Waals surface area contributed by atoms with E-state index >= 15 is 0 Å². The van der Waals surface area contributed by atoms with Gasteiger partial charge < -0.3 is 24.7 Å². The molecule has 2 N–H and O–H groups in total. The van der Waals surface area contributed by atoms with E-state index in [0.717, 1.165) is 64.2 Å². The summed E-state index contributed by atoms with van der Waals surface area (Å²) >= 11 is 0. The first-order chi connectivity index (χ1) is 25.4. The fourth-order valence-corrected chi connectivity index (χ4v) is 6.12. The highest BCUT2D eigenvalue weighted by Gasteiger charge is 2.19. The Bertz CT molecular complexity index is 875. The number of esters is 2. The van der Waals surface area contributed by atoms with E-state index in [4.69, 9.17) is 24.7 Å². The van der Waals surface area contributed by atoms with Gasteiger partial charge in [0.1, 0.15) is 12.7 Å². The molecule has 52 heavy (non-hydrogen) atoms. The Morgan fingerprint density at radius 1 is 0.558 bits per heavy atom. The lowest BCUT2D eigenvalue weighted by Gasteiger charge is -2.19. The molecular weight excluding hydrogens is 654 g/mol. The van der Waals surface area contributed by atoms with Gasteiger partial charge in [-0.1, -0.05) is 160 Å². The van der Waals surface area contributed by atoms with Gasteiger partial charge in [0.25, 0.3) is 0 Å². The molecule has 0 saturated heterocycles. The summed E-state index contributed by atoms with van der Waals surface area (Å²) in [6.45, 7) is 4.72. The topological polar surface area (TPSA) is 114 Å². The van der Waals surface area contributed by atoms with Gasteiger partial charge in [-0.05, 0) is 44.9 Å². The number of hydrogen-bond donors (Lipinski definition) is 1. The lowest BCUT2D eigenvalue weighted by molar-refractivity contribution is -0.163. The van der Waals surface area contributed by atoms with Gasteiger partial charge in [0, 0.05) is 33.0 Å². The molecule has 0 saturated carbocycles. The number of hydrogen-bond acceptors (Lipinski definition) is 7. The zero-order valence-corrected chi connectivity index (χ0v) is 34.0. The van der Waals surface area contributed by atoms with Gasteiger partial charge in [-0.25, -0.2) is 0 Å². The molecule has 2 atom stereocenters. The third kappa shape index (κ3) is 36.2. The predicted molar refractivity (Wildman–Crippen MR) is 215 cm³/mol. The van der Waals surface area contributed by atoms with Crippen LogP contribution in [0.4, 0.5) is 0 Å². The first-order valence-electron chi connectivity index (χ1n) is 21.5. The summed E-state index contributed by atoms with van der Waals surface area (Å²) in [5, 5.41) is 0. The van der Waals surface area contributed by atoms with E-state index in [0.29, 0.717) is 12.8 Å². The molecule has 8 heteroatoms. The molecule has 0 aromatic heterocycles. The molecule has 0 aromatic rings. The molecule has 0 aliphatic carbocycles. The predicted octanol–water partition coefficient (Wildman–Crippen LogP) is 11.4. The van der Waals surface area contributed by atoms with Crippen molar-refractivity contribution in [3.8, 4) is 0 Å². The van der Waals surface area contributed by atoms with Crippen molar-refractivity contribution < 1.29 is 33.3 Å². The van der Waals surface area contributed by atoms with E-state index in [1.807, 2.05) is 0 Å². The van der Waals surface area contributed by atoms with Crippen LogP contribution in [0.3, 0.4) is 0 Å². The second-order valence-electron chi connectivity index (χ2n) is 14.5. The molecule has 0 heterocycles. The largest absolute Gasteiger partial charge is 0.462 e. The number of allylic oxidation sites excluding steroid dienone is 4. The number of rotatable bonds is 40. The smallest absolute Gasteiger partial charge is 0.306 e. The van der Waals surface area contributed by atoms with Crippen molar-refractivity contribution in [2.45, 2.75) is 212 Å².